The number of hydrogen-bond donors (Lipinski definition) is 1. The number of aromatic nitrogens is 2. The van der Waals surface area contributed by atoms with Crippen molar-refractivity contribution in [1.82, 2.24) is 15.1 Å². The van der Waals surface area contributed by atoms with Gasteiger partial charge in [0, 0.05) is 25.7 Å². The lowest BCUT2D eigenvalue weighted by Crippen LogP contribution is -2.42. The third-order valence-electron chi connectivity index (χ3n) is 5.81. The van der Waals surface area contributed by atoms with Gasteiger partial charge in [-0.15, -0.1) is 5.10 Å². The number of nitrogens with zero attached hydrogens (tertiary/aromatic N) is 3. The molecule has 6 heteroatoms. The molecule has 1 aliphatic heterocycles. The molecule has 2 aromatic carbocycles. The standard InChI is InChI=1S/C27H30N4O2/c1-20-19-31(27(32)29-26-12-7-14-28-30-26)15-13-24(20)17-23-10-6-11-25(18-23)33-21(2)16-22-8-4-3-5-9-22/h3-12,14,17-18,20-21H,13,15-16,19H2,1-2H3,(H,29,30,32)/b24-17+. The molecule has 2 amide bonds. The molecule has 2 atom stereocenters. The van der Waals surface area contributed by atoms with Gasteiger partial charge < -0.3 is 9.64 Å². The average Bonchev–Trinajstić information content (AvgIpc) is 2.82. The molecular formula is C27H30N4O2. The van der Waals surface area contributed by atoms with Crippen LogP contribution in [0.1, 0.15) is 31.4 Å². The summed E-state index contributed by atoms with van der Waals surface area (Å²) in [4.78, 5) is 14.4. The highest BCUT2D eigenvalue weighted by atomic mass is 16.5. The maximum Gasteiger partial charge on any atom is 0.323 e. The van der Waals surface area contributed by atoms with Crippen LogP contribution < -0.4 is 10.1 Å². The third-order valence-corrected chi connectivity index (χ3v) is 5.81. The van der Waals surface area contributed by atoms with Crippen molar-refractivity contribution in [3.63, 3.8) is 0 Å². The van der Waals surface area contributed by atoms with E-state index in [1.54, 1.807) is 18.3 Å². The van der Waals surface area contributed by atoms with Crippen LogP contribution in [-0.4, -0.2) is 40.3 Å². The molecule has 33 heavy (non-hydrogen) atoms. The number of rotatable bonds is 6. The van der Waals surface area contributed by atoms with Crippen LogP contribution in [0.4, 0.5) is 10.6 Å². The van der Waals surface area contributed by atoms with E-state index in [1.807, 2.05) is 23.1 Å². The molecule has 0 saturated carbocycles. The van der Waals surface area contributed by atoms with Crippen LogP contribution >= 0.6 is 0 Å². The van der Waals surface area contributed by atoms with Crippen molar-refractivity contribution in [1.29, 1.82) is 0 Å². The highest BCUT2D eigenvalue weighted by Gasteiger charge is 2.24. The summed E-state index contributed by atoms with van der Waals surface area (Å²) in [6.45, 7) is 5.60. The van der Waals surface area contributed by atoms with E-state index in [0.717, 1.165) is 24.2 Å². The lowest BCUT2D eigenvalue weighted by Gasteiger charge is -2.33. The van der Waals surface area contributed by atoms with E-state index >= 15 is 0 Å². The van der Waals surface area contributed by atoms with Crippen molar-refractivity contribution in [2.75, 3.05) is 18.4 Å². The molecule has 3 aromatic rings. The number of urea groups is 1. The minimum atomic E-state index is -0.135. The number of hydrogen-bond acceptors (Lipinski definition) is 4. The van der Waals surface area contributed by atoms with Gasteiger partial charge in [-0.1, -0.05) is 61.0 Å². The Morgan fingerprint density at radius 3 is 2.79 bits per heavy atom. The van der Waals surface area contributed by atoms with Gasteiger partial charge in [-0.25, -0.2) is 4.79 Å². The largest absolute Gasteiger partial charge is 0.490 e. The molecule has 6 nitrogen and oxygen atoms in total. The molecule has 2 heterocycles. The number of carbonyl (C=O) groups is 1. The van der Waals surface area contributed by atoms with Crippen LogP contribution in [0.15, 0.2) is 78.5 Å². The summed E-state index contributed by atoms with van der Waals surface area (Å²) in [6.07, 6.45) is 5.61. The van der Waals surface area contributed by atoms with Gasteiger partial charge in [-0.2, -0.15) is 5.10 Å². The van der Waals surface area contributed by atoms with Crippen LogP contribution in [0, 0.1) is 5.92 Å². The summed E-state index contributed by atoms with van der Waals surface area (Å²) >= 11 is 0. The highest BCUT2D eigenvalue weighted by Crippen LogP contribution is 2.27. The predicted molar refractivity (Wildman–Crippen MR) is 131 cm³/mol. The number of benzene rings is 2. The first-order valence-electron chi connectivity index (χ1n) is 11.4. The molecule has 4 rings (SSSR count). The van der Waals surface area contributed by atoms with E-state index in [-0.39, 0.29) is 18.1 Å². The highest BCUT2D eigenvalue weighted by molar-refractivity contribution is 5.88. The maximum absolute atomic E-state index is 12.6. The maximum atomic E-state index is 12.6. The minimum Gasteiger partial charge on any atom is -0.490 e. The van der Waals surface area contributed by atoms with Crippen molar-refractivity contribution >= 4 is 17.9 Å². The van der Waals surface area contributed by atoms with E-state index in [0.29, 0.717) is 18.9 Å². The lowest BCUT2D eigenvalue weighted by molar-refractivity contribution is 0.197. The average molecular weight is 443 g/mol. The normalized spacial score (nSPS) is 18.1. The van der Waals surface area contributed by atoms with Crippen LogP contribution in [0.5, 0.6) is 5.75 Å². The zero-order chi connectivity index (χ0) is 23.0. The van der Waals surface area contributed by atoms with Crippen LogP contribution in [-0.2, 0) is 6.42 Å². The molecular weight excluding hydrogens is 412 g/mol. The smallest absolute Gasteiger partial charge is 0.323 e. The Kier molecular flexibility index (Phi) is 7.35. The molecule has 1 N–H and O–H groups in total. The van der Waals surface area contributed by atoms with Crippen molar-refractivity contribution < 1.29 is 9.53 Å². The zero-order valence-electron chi connectivity index (χ0n) is 19.1. The number of amides is 2. The molecule has 1 saturated heterocycles. The van der Waals surface area contributed by atoms with Crippen molar-refractivity contribution in [3.8, 4) is 5.75 Å². The first kappa shape index (κ1) is 22.5. The van der Waals surface area contributed by atoms with Gasteiger partial charge >= 0.3 is 6.03 Å². The van der Waals surface area contributed by atoms with Crippen LogP contribution in [0.25, 0.3) is 6.08 Å². The summed E-state index contributed by atoms with van der Waals surface area (Å²) in [7, 11) is 0. The summed E-state index contributed by atoms with van der Waals surface area (Å²) in [6, 6.07) is 22.0. The van der Waals surface area contributed by atoms with Gasteiger partial charge in [0.1, 0.15) is 5.75 Å². The fourth-order valence-corrected chi connectivity index (χ4v) is 4.12. The fourth-order valence-electron chi connectivity index (χ4n) is 4.12. The van der Waals surface area contributed by atoms with E-state index < -0.39 is 0 Å². The summed E-state index contributed by atoms with van der Waals surface area (Å²) in [5.41, 5.74) is 3.74. The van der Waals surface area contributed by atoms with Crippen molar-refractivity contribution in [2.24, 2.45) is 5.92 Å². The Morgan fingerprint density at radius 1 is 1.18 bits per heavy atom. The molecule has 1 aliphatic rings. The van der Waals surface area contributed by atoms with E-state index in [4.69, 9.17) is 4.74 Å². The van der Waals surface area contributed by atoms with Crippen LogP contribution in [0.3, 0.4) is 0 Å². The SMILES string of the molecule is CC(Cc1ccccc1)Oc1cccc(/C=C2\CCN(C(=O)Nc3cccnn3)CC2C)c1. The number of carbonyl (C=O) groups excluding carboxylic acids is 1. The Hall–Kier alpha value is -3.67. The molecule has 0 aliphatic carbocycles. The Labute approximate surface area is 195 Å². The summed E-state index contributed by atoms with van der Waals surface area (Å²) < 4.78 is 6.18. The topological polar surface area (TPSA) is 67.3 Å². The molecule has 1 aromatic heterocycles. The second-order valence-electron chi connectivity index (χ2n) is 8.55. The second-order valence-corrected chi connectivity index (χ2v) is 8.55. The summed E-state index contributed by atoms with van der Waals surface area (Å²) in [5.74, 6) is 1.61. The van der Waals surface area contributed by atoms with Crippen LogP contribution in [0.2, 0.25) is 0 Å². The number of piperidine rings is 1. The molecule has 170 valence electrons. The molecule has 0 spiro atoms. The quantitative estimate of drug-likeness (QED) is 0.552. The van der Waals surface area contributed by atoms with Gasteiger partial charge in [-0.3, -0.25) is 5.32 Å². The number of nitrogens with one attached hydrogen (secondary N) is 1. The van der Waals surface area contributed by atoms with Gasteiger partial charge in [-0.05, 0) is 54.7 Å². The molecule has 0 bridgehead atoms. The Bertz CT molecular complexity index is 1090. The zero-order valence-corrected chi connectivity index (χ0v) is 19.1. The first-order chi connectivity index (χ1) is 16.1. The van der Waals surface area contributed by atoms with E-state index in [9.17, 15) is 4.79 Å². The van der Waals surface area contributed by atoms with Gasteiger partial charge in [0.15, 0.2) is 5.82 Å². The van der Waals surface area contributed by atoms with Gasteiger partial charge in [0.05, 0.1) is 6.10 Å². The Morgan fingerprint density at radius 2 is 2.03 bits per heavy atom. The number of ether oxygens (including phenoxy) is 1. The van der Waals surface area contributed by atoms with Gasteiger partial charge in [0.2, 0.25) is 0 Å². The monoisotopic (exact) mass is 442 g/mol. The molecule has 0 radical (unpaired) electrons. The number of anilines is 1. The predicted octanol–water partition coefficient (Wildman–Crippen LogP) is 5.44. The Balaban J connectivity index is 1.35. The van der Waals surface area contributed by atoms with Gasteiger partial charge in [0.25, 0.3) is 0 Å². The first-order valence-corrected chi connectivity index (χ1v) is 11.4. The van der Waals surface area contributed by atoms with E-state index in [1.165, 1.54) is 11.1 Å². The summed E-state index contributed by atoms with van der Waals surface area (Å²) in [5, 5.41) is 10.5. The van der Waals surface area contributed by atoms with Crippen molar-refractivity contribution in [3.05, 3.63) is 89.6 Å². The fraction of sp³-hybridized carbons (Fsp3) is 0.296. The third kappa shape index (κ3) is 6.42. The molecule has 2 unspecified atom stereocenters. The van der Waals surface area contributed by atoms with E-state index in [2.05, 4.69) is 71.8 Å². The lowest BCUT2D eigenvalue weighted by atomic mass is 9.91. The minimum absolute atomic E-state index is 0.0882. The number of likely N-dealkylation sites (tertiary alicyclic amines) is 1. The second kappa shape index (κ2) is 10.8. The van der Waals surface area contributed by atoms with Crippen molar-refractivity contribution in [2.45, 2.75) is 32.8 Å². The molecule has 1 fully saturated rings.